The number of non-ortho nitro benzene ring substituents is 1. The first-order valence-corrected chi connectivity index (χ1v) is 7.57. The number of nitro benzene ring substituents is 1. The van der Waals surface area contributed by atoms with Gasteiger partial charge in [0.25, 0.3) is 5.69 Å². The number of Topliss-reactive ketones (excluding diaryl/α,β-unsaturated/α-hetero) is 1. The Kier molecular flexibility index (Phi) is 4.17. The molecule has 2 aromatic carbocycles. The van der Waals surface area contributed by atoms with Crippen LogP contribution in [0.5, 0.6) is 0 Å². The van der Waals surface area contributed by atoms with Gasteiger partial charge in [-0.3, -0.25) is 14.9 Å². The Bertz CT molecular complexity index is 755. The number of nitro groups is 1. The predicted molar refractivity (Wildman–Crippen MR) is 86.6 cm³/mol. The van der Waals surface area contributed by atoms with Crippen LogP contribution in [0.15, 0.2) is 54.6 Å². The molecule has 0 unspecified atom stereocenters. The first kappa shape index (κ1) is 16.3. The molecule has 2 atom stereocenters. The van der Waals surface area contributed by atoms with Crippen molar-refractivity contribution >= 4 is 11.5 Å². The summed E-state index contributed by atoms with van der Waals surface area (Å²) in [4.78, 5) is 23.1. The fraction of sp³-hybridized carbons (Fsp3) is 0.278. The average Bonchev–Trinajstić information content (AvgIpc) is 2.91. The smallest absolute Gasteiger partial charge is 0.269 e. The van der Waals surface area contributed by atoms with Crippen LogP contribution in [0, 0.1) is 10.1 Å². The molecule has 0 bridgehead atoms. The van der Waals surface area contributed by atoms with Crippen molar-refractivity contribution in [3.8, 4) is 0 Å². The van der Waals surface area contributed by atoms with Gasteiger partial charge in [0.05, 0.1) is 4.92 Å². The lowest BCUT2D eigenvalue weighted by Crippen LogP contribution is -2.28. The van der Waals surface area contributed by atoms with E-state index in [0.717, 1.165) is 0 Å². The highest BCUT2D eigenvalue weighted by atomic mass is 16.8. The van der Waals surface area contributed by atoms with Crippen molar-refractivity contribution in [1.82, 2.24) is 0 Å². The van der Waals surface area contributed by atoms with Crippen LogP contribution in [0.1, 0.15) is 35.9 Å². The minimum absolute atomic E-state index is 0.0112. The van der Waals surface area contributed by atoms with E-state index in [1.165, 1.54) is 12.1 Å². The molecule has 0 N–H and O–H groups in total. The van der Waals surface area contributed by atoms with Crippen molar-refractivity contribution in [2.75, 3.05) is 0 Å². The number of rotatable bonds is 4. The normalized spacial score (nSPS) is 22.2. The largest absolute Gasteiger partial charge is 0.339 e. The second kappa shape index (κ2) is 6.14. The third-order valence-electron chi connectivity index (χ3n) is 3.85. The average molecular weight is 327 g/mol. The van der Waals surface area contributed by atoms with Crippen LogP contribution in [0.25, 0.3) is 0 Å². The second-order valence-electron chi connectivity index (χ2n) is 6.06. The van der Waals surface area contributed by atoms with Gasteiger partial charge < -0.3 is 9.47 Å². The van der Waals surface area contributed by atoms with Gasteiger partial charge in [0.15, 0.2) is 17.7 Å². The molecule has 0 spiro atoms. The Hall–Kier alpha value is -2.57. The molecule has 0 amide bonds. The molecule has 1 aliphatic rings. The van der Waals surface area contributed by atoms with E-state index in [4.69, 9.17) is 9.47 Å². The molecule has 1 heterocycles. The van der Waals surface area contributed by atoms with Crippen molar-refractivity contribution in [2.45, 2.75) is 31.8 Å². The van der Waals surface area contributed by atoms with Gasteiger partial charge in [-0.2, -0.15) is 0 Å². The fourth-order valence-electron chi connectivity index (χ4n) is 2.75. The quantitative estimate of drug-likeness (QED) is 0.486. The minimum Gasteiger partial charge on any atom is -0.339 e. The Labute approximate surface area is 139 Å². The zero-order valence-corrected chi connectivity index (χ0v) is 13.3. The number of nitrogens with zero attached hydrogens (tertiary/aromatic N) is 1. The van der Waals surface area contributed by atoms with Gasteiger partial charge in [-0.1, -0.05) is 30.3 Å². The lowest BCUT2D eigenvalue weighted by Gasteiger charge is -2.16. The van der Waals surface area contributed by atoms with Gasteiger partial charge in [0.1, 0.15) is 6.10 Å². The molecule has 1 saturated heterocycles. The third kappa shape index (κ3) is 3.20. The predicted octanol–water partition coefficient (Wildman–Crippen LogP) is 3.67. The number of carbonyl (C=O) groups excluding carboxylic acids is 1. The molecular formula is C18H17NO5. The van der Waals surface area contributed by atoms with Crippen LogP contribution in [-0.2, 0) is 9.47 Å². The van der Waals surface area contributed by atoms with Crippen molar-refractivity contribution in [2.24, 2.45) is 0 Å². The molecule has 0 saturated carbocycles. The van der Waals surface area contributed by atoms with Crippen LogP contribution in [0.2, 0.25) is 0 Å². The summed E-state index contributed by atoms with van der Waals surface area (Å²) in [7, 11) is 0. The first-order chi connectivity index (χ1) is 11.4. The van der Waals surface area contributed by atoms with E-state index in [1.807, 2.05) is 6.07 Å². The molecule has 1 fully saturated rings. The molecule has 0 radical (unpaired) electrons. The fourth-order valence-corrected chi connectivity index (χ4v) is 2.75. The van der Waals surface area contributed by atoms with Crippen molar-refractivity contribution in [3.05, 3.63) is 75.8 Å². The maximum atomic E-state index is 12.8. The van der Waals surface area contributed by atoms with E-state index in [9.17, 15) is 14.9 Å². The molecule has 124 valence electrons. The van der Waals surface area contributed by atoms with Gasteiger partial charge in [-0.25, -0.2) is 0 Å². The van der Waals surface area contributed by atoms with Gasteiger partial charge in [0.2, 0.25) is 0 Å². The van der Waals surface area contributed by atoms with Crippen LogP contribution in [0.3, 0.4) is 0 Å². The molecule has 0 aliphatic carbocycles. The van der Waals surface area contributed by atoms with Crippen molar-refractivity contribution in [3.63, 3.8) is 0 Å². The maximum absolute atomic E-state index is 12.8. The second-order valence-corrected chi connectivity index (χ2v) is 6.06. The zero-order valence-electron chi connectivity index (χ0n) is 13.3. The van der Waals surface area contributed by atoms with E-state index in [2.05, 4.69) is 0 Å². The highest BCUT2D eigenvalue weighted by Gasteiger charge is 2.46. The van der Waals surface area contributed by atoms with E-state index in [0.29, 0.717) is 11.1 Å². The molecule has 3 rings (SSSR count). The molecule has 1 aliphatic heterocycles. The summed E-state index contributed by atoms with van der Waals surface area (Å²) in [6.07, 6.45) is -1.42. The maximum Gasteiger partial charge on any atom is 0.269 e. The summed E-state index contributed by atoms with van der Waals surface area (Å²) in [6, 6.07) is 14.8. The Balaban J connectivity index is 1.92. The minimum atomic E-state index is -0.915. The Morgan fingerprint density at radius 1 is 1.04 bits per heavy atom. The summed E-state index contributed by atoms with van der Waals surface area (Å²) in [5, 5.41) is 10.8. The number of ketones is 1. The summed E-state index contributed by atoms with van der Waals surface area (Å²) >= 11 is 0. The Morgan fingerprint density at radius 2 is 1.67 bits per heavy atom. The summed E-state index contributed by atoms with van der Waals surface area (Å²) < 4.78 is 11.7. The Morgan fingerprint density at radius 3 is 2.25 bits per heavy atom. The van der Waals surface area contributed by atoms with Gasteiger partial charge in [-0.15, -0.1) is 0 Å². The van der Waals surface area contributed by atoms with Gasteiger partial charge >= 0.3 is 0 Å². The van der Waals surface area contributed by atoms with Gasteiger partial charge in [0, 0.05) is 17.7 Å². The number of benzene rings is 2. The summed E-state index contributed by atoms with van der Waals surface area (Å²) in [6.45, 7) is 3.48. The van der Waals surface area contributed by atoms with Crippen LogP contribution >= 0.6 is 0 Å². The van der Waals surface area contributed by atoms with Crippen LogP contribution < -0.4 is 0 Å². The summed E-state index contributed by atoms with van der Waals surface area (Å²) in [5.41, 5.74) is 1.19. The zero-order chi connectivity index (χ0) is 17.3. The van der Waals surface area contributed by atoms with Crippen molar-refractivity contribution < 1.29 is 19.2 Å². The number of hydrogen-bond donors (Lipinski definition) is 0. The van der Waals surface area contributed by atoms with Crippen LogP contribution in [-0.4, -0.2) is 22.6 Å². The molecule has 0 aromatic heterocycles. The molecule has 6 heteroatoms. The lowest BCUT2D eigenvalue weighted by atomic mass is 9.97. The summed E-state index contributed by atoms with van der Waals surface area (Å²) in [5.74, 6) is -1.09. The molecule has 6 nitrogen and oxygen atoms in total. The highest BCUT2D eigenvalue weighted by molar-refractivity contribution is 6.00. The standard InChI is InChI=1S/C18H17NO5/c1-18(2)23-16(13-8-10-14(11-9-13)19(21)22)17(24-18)15(20)12-6-4-3-5-7-12/h3-11,16-17H,1-2H3/t16-,17+/m0/s1. The van der Waals surface area contributed by atoms with Crippen LogP contribution in [0.4, 0.5) is 5.69 Å². The molecular weight excluding hydrogens is 310 g/mol. The highest BCUT2D eigenvalue weighted by Crippen LogP contribution is 2.40. The number of ether oxygens (including phenoxy) is 2. The third-order valence-corrected chi connectivity index (χ3v) is 3.85. The number of hydrogen-bond acceptors (Lipinski definition) is 5. The van der Waals surface area contributed by atoms with E-state index >= 15 is 0 Å². The topological polar surface area (TPSA) is 78.7 Å². The molecule has 24 heavy (non-hydrogen) atoms. The molecule has 2 aromatic rings. The first-order valence-electron chi connectivity index (χ1n) is 7.57. The van der Waals surface area contributed by atoms with Gasteiger partial charge in [-0.05, 0) is 31.5 Å². The monoisotopic (exact) mass is 327 g/mol. The lowest BCUT2D eigenvalue weighted by molar-refractivity contribution is -0.384. The van der Waals surface area contributed by atoms with Crippen molar-refractivity contribution in [1.29, 1.82) is 0 Å². The number of carbonyl (C=O) groups is 1. The van der Waals surface area contributed by atoms with E-state index in [1.54, 1.807) is 50.2 Å². The van der Waals surface area contributed by atoms with E-state index in [-0.39, 0.29) is 11.5 Å². The SMILES string of the molecule is CC1(C)O[C@H](C(=O)c2ccccc2)[C@H](c2ccc([N+](=O)[O-])cc2)O1. The van der Waals surface area contributed by atoms with E-state index < -0.39 is 22.9 Å².